The molecule has 0 aliphatic carbocycles. The number of rotatable bonds is 1. The highest BCUT2D eigenvalue weighted by Crippen LogP contribution is 2.33. The van der Waals surface area contributed by atoms with E-state index >= 15 is 0 Å². The van der Waals surface area contributed by atoms with Crippen molar-refractivity contribution in [2.45, 2.75) is 32.3 Å². The molecule has 0 bridgehead atoms. The van der Waals surface area contributed by atoms with Gasteiger partial charge in [0.2, 0.25) is 0 Å². The maximum absolute atomic E-state index is 13.3. The molecular weight excluding hydrogens is 330 g/mol. The van der Waals surface area contributed by atoms with Crippen molar-refractivity contribution in [3.05, 3.63) is 41.1 Å². The number of piperidine rings is 1. The average molecular weight is 353 g/mol. The number of likely N-dealkylation sites (N-methyl/N-ethyl adjacent to an activating group) is 1. The topological polar surface area (TPSA) is 62.7 Å². The number of amides is 2. The zero-order chi connectivity index (χ0) is 18.5. The molecule has 2 aliphatic rings. The van der Waals surface area contributed by atoms with Gasteiger partial charge in [0, 0.05) is 24.7 Å². The van der Waals surface area contributed by atoms with E-state index in [4.69, 9.17) is 4.74 Å². The molecule has 2 aromatic rings. The fourth-order valence-electron chi connectivity index (χ4n) is 4.14. The lowest BCUT2D eigenvalue weighted by Crippen LogP contribution is -2.52. The Morgan fingerprint density at radius 1 is 1.27 bits per heavy atom. The quantitative estimate of drug-likeness (QED) is 0.791. The molecule has 2 saturated heterocycles. The summed E-state index contributed by atoms with van der Waals surface area (Å²) in [5.41, 5.74) is 2.85. The van der Waals surface area contributed by atoms with Gasteiger partial charge in [-0.3, -0.25) is 9.78 Å². The summed E-state index contributed by atoms with van der Waals surface area (Å²) in [6.45, 7) is 5.57. The number of fused-ring (bicyclic) bond motifs is 1. The molecule has 3 heterocycles. The van der Waals surface area contributed by atoms with E-state index < -0.39 is 5.60 Å². The zero-order valence-electron chi connectivity index (χ0n) is 15.4. The highest BCUT2D eigenvalue weighted by molar-refractivity contribution is 6.06. The number of aryl methyl sites for hydroxylation is 2. The summed E-state index contributed by atoms with van der Waals surface area (Å²) in [4.78, 5) is 33.2. The molecule has 6 nitrogen and oxygen atoms in total. The normalized spacial score (nSPS) is 23.0. The lowest BCUT2D eigenvalue weighted by Gasteiger charge is -2.38. The van der Waals surface area contributed by atoms with Crippen LogP contribution < -0.4 is 0 Å². The Bertz CT molecular complexity index is 911. The van der Waals surface area contributed by atoms with Gasteiger partial charge in [-0.25, -0.2) is 4.79 Å². The van der Waals surface area contributed by atoms with E-state index in [2.05, 4.69) is 4.98 Å². The van der Waals surface area contributed by atoms with Gasteiger partial charge in [0.15, 0.2) is 0 Å². The number of carbonyl (C=O) groups excluding carboxylic acids is 2. The van der Waals surface area contributed by atoms with Crippen molar-refractivity contribution in [1.29, 1.82) is 0 Å². The van der Waals surface area contributed by atoms with Crippen LogP contribution in [0.4, 0.5) is 4.79 Å². The molecule has 1 aromatic carbocycles. The molecule has 2 aliphatic heterocycles. The molecular formula is C20H23N3O3. The highest BCUT2D eigenvalue weighted by Gasteiger charge is 2.47. The van der Waals surface area contributed by atoms with Crippen LogP contribution in [0, 0.1) is 13.8 Å². The Labute approximate surface area is 152 Å². The van der Waals surface area contributed by atoms with Crippen LogP contribution in [-0.4, -0.2) is 59.1 Å². The van der Waals surface area contributed by atoms with Gasteiger partial charge in [0.05, 0.1) is 24.2 Å². The minimum Gasteiger partial charge on any atom is -0.439 e. The van der Waals surface area contributed by atoms with Crippen LogP contribution in [0.1, 0.15) is 34.5 Å². The first-order chi connectivity index (χ1) is 12.4. The van der Waals surface area contributed by atoms with Gasteiger partial charge in [0.1, 0.15) is 5.60 Å². The number of para-hydroxylation sites is 1. The number of nitrogens with zero attached hydrogens (tertiary/aromatic N) is 3. The molecule has 26 heavy (non-hydrogen) atoms. The van der Waals surface area contributed by atoms with E-state index in [0.717, 1.165) is 35.0 Å². The standard InChI is InChI=1S/C20H23N3O3/c1-13-6-4-7-15-16(10-14(2)21-17(13)15)18(24)23-9-5-8-20(12-23)11-22(3)19(25)26-20/h4,6-7,10H,5,8-9,11-12H2,1-3H3. The van der Waals surface area contributed by atoms with Crippen LogP contribution in [-0.2, 0) is 4.74 Å². The molecule has 136 valence electrons. The lowest BCUT2D eigenvalue weighted by atomic mass is 9.92. The van der Waals surface area contributed by atoms with Crippen molar-refractivity contribution in [1.82, 2.24) is 14.8 Å². The van der Waals surface area contributed by atoms with Crippen molar-refractivity contribution in [2.75, 3.05) is 26.7 Å². The minimum atomic E-state index is -0.576. The van der Waals surface area contributed by atoms with Gasteiger partial charge < -0.3 is 14.5 Å². The van der Waals surface area contributed by atoms with Gasteiger partial charge in [-0.2, -0.15) is 0 Å². The Morgan fingerprint density at radius 2 is 2.08 bits per heavy atom. The van der Waals surface area contributed by atoms with Crippen molar-refractivity contribution < 1.29 is 14.3 Å². The van der Waals surface area contributed by atoms with Crippen LogP contribution in [0.15, 0.2) is 24.3 Å². The van der Waals surface area contributed by atoms with Crippen LogP contribution in [0.5, 0.6) is 0 Å². The number of benzene rings is 1. The Kier molecular flexibility index (Phi) is 3.86. The van der Waals surface area contributed by atoms with E-state index in [0.29, 0.717) is 25.2 Å². The summed E-state index contributed by atoms with van der Waals surface area (Å²) in [7, 11) is 1.74. The second-order valence-electron chi connectivity index (χ2n) is 7.52. The first-order valence-corrected chi connectivity index (χ1v) is 8.99. The number of pyridine rings is 1. The fourth-order valence-corrected chi connectivity index (χ4v) is 4.14. The third-order valence-electron chi connectivity index (χ3n) is 5.37. The molecule has 1 spiro atoms. The SMILES string of the molecule is Cc1cc(C(=O)N2CCCC3(CN(C)C(=O)O3)C2)c2cccc(C)c2n1. The number of carbonyl (C=O) groups is 2. The second kappa shape index (κ2) is 5.97. The summed E-state index contributed by atoms with van der Waals surface area (Å²) in [5, 5.41) is 0.876. The number of hydrogen-bond donors (Lipinski definition) is 0. The van der Waals surface area contributed by atoms with Crippen molar-refractivity contribution in [3.8, 4) is 0 Å². The van der Waals surface area contributed by atoms with E-state index in [1.807, 2.05) is 43.0 Å². The Balaban J connectivity index is 1.69. The van der Waals surface area contributed by atoms with Crippen molar-refractivity contribution in [2.24, 2.45) is 0 Å². The Hall–Kier alpha value is -2.63. The van der Waals surface area contributed by atoms with Gasteiger partial charge in [-0.15, -0.1) is 0 Å². The highest BCUT2D eigenvalue weighted by atomic mass is 16.6. The van der Waals surface area contributed by atoms with Gasteiger partial charge in [-0.05, 0) is 38.3 Å². The third-order valence-corrected chi connectivity index (χ3v) is 5.37. The van der Waals surface area contributed by atoms with Gasteiger partial charge in [0.25, 0.3) is 5.91 Å². The number of hydrogen-bond acceptors (Lipinski definition) is 4. The largest absolute Gasteiger partial charge is 0.439 e. The van der Waals surface area contributed by atoms with Crippen LogP contribution >= 0.6 is 0 Å². The van der Waals surface area contributed by atoms with Gasteiger partial charge >= 0.3 is 6.09 Å². The molecule has 2 fully saturated rings. The first-order valence-electron chi connectivity index (χ1n) is 8.99. The summed E-state index contributed by atoms with van der Waals surface area (Å²) < 4.78 is 5.63. The molecule has 0 radical (unpaired) electrons. The summed E-state index contributed by atoms with van der Waals surface area (Å²) >= 11 is 0. The van der Waals surface area contributed by atoms with E-state index in [1.165, 1.54) is 0 Å². The minimum absolute atomic E-state index is 0.0178. The maximum Gasteiger partial charge on any atom is 0.410 e. The number of ether oxygens (including phenoxy) is 1. The molecule has 1 unspecified atom stereocenters. The third kappa shape index (κ3) is 2.69. The summed E-state index contributed by atoms with van der Waals surface area (Å²) in [6.07, 6.45) is 1.32. The molecule has 0 saturated carbocycles. The Morgan fingerprint density at radius 3 is 2.81 bits per heavy atom. The predicted octanol–water partition coefficient (Wildman–Crippen LogP) is 2.91. The zero-order valence-corrected chi connectivity index (χ0v) is 15.4. The van der Waals surface area contributed by atoms with Crippen molar-refractivity contribution in [3.63, 3.8) is 0 Å². The molecule has 1 aromatic heterocycles. The number of aromatic nitrogens is 1. The smallest absolute Gasteiger partial charge is 0.410 e. The molecule has 6 heteroatoms. The maximum atomic E-state index is 13.3. The van der Waals surface area contributed by atoms with Crippen LogP contribution in [0.2, 0.25) is 0 Å². The molecule has 4 rings (SSSR count). The van der Waals surface area contributed by atoms with E-state index in [-0.39, 0.29) is 12.0 Å². The summed E-state index contributed by atoms with van der Waals surface area (Å²) in [5.74, 6) is -0.0178. The lowest BCUT2D eigenvalue weighted by molar-refractivity contribution is -0.00514. The second-order valence-corrected chi connectivity index (χ2v) is 7.52. The van der Waals surface area contributed by atoms with Crippen LogP contribution in [0.3, 0.4) is 0 Å². The van der Waals surface area contributed by atoms with Crippen LogP contribution in [0.25, 0.3) is 10.9 Å². The fraction of sp³-hybridized carbons (Fsp3) is 0.450. The summed E-state index contributed by atoms with van der Waals surface area (Å²) in [6, 6.07) is 7.77. The molecule has 0 N–H and O–H groups in total. The van der Waals surface area contributed by atoms with Crippen molar-refractivity contribution >= 4 is 22.9 Å². The average Bonchev–Trinajstić information content (AvgIpc) is 2.87. The van der Waals surface area contributed by atoms with E-state index in [9.17, 15) is 9.59 Å². The monoisotopic (exact) mass is 353 g/mol. The van der Waals surface area contributed by atoms with E-state index in [1.54, 1.807) is 11.9 Å². The number of likely N-dealkylation sites (tertiary alicyclic amines) is 1. The first kappa shape index (κ1) is 16.8. The molecule has 1 atom stereocenters. The predicted molar refractivity (Wildman–Crippen MR) is 98.2 cm³/mol. The molecule has 2 amide bonds. The van der Waals surface area contributed by atoms with Gasteiger partial charge in [-0.1, -0.05) is 18.2 Å².